The maximum absolute atomic E-state index is 13.3. The van der Waals surface area contributed by atoms with Crippen LogP contribution in [0.15, 0.2) is 27.8 Å². The molecular formula is C22H31N5O5. The highest BCUT2D eigenvalue weighted by atomic mass is 16.5. The van der Waals surface area contributed by atoms with Crippen molar-refractivity contribution in [1.29, 1.82) is 0 Å². The maximum atomic E-state index is 13.3. The van der Waals surface area contributed by atoms with Crippen LogP contribution in [0.3, 0.4) is 0 Å². The second-order valence-corrected chi connectivity index (χ2v) is 7.72. The molecule has 1 saturated heterocycles. The predicted octanol–water partition coefficient (Wildman–Crippen LogP) is 1.65. The molecule has 1 fully saturated rings. The Morgan fingerprint density at radius 1 is 1.09 bits per heavy atom. The molecule has 1 aromatic heterocycles. The van der Waals surface area contributed by atoms with E-state index in [2.05, 4.69) is 5.32 Å². The number of nitrogens with zero attached hydrogens (tertiary/aromatic N) is 3. The number of rotatable bonds is 8. The number of nitrogen functional groups attached to an aromatic ring is 1. The Morgan fingerprint density at radius 3 is 2.44 bits per heavy atom. The SMILES string of the molecule is CCCn1c(N)c(N2CCCCC2)c(=O)n(CC(=O)Nc2ccc(OC)cc2OC)c1=O. The molecule has 0 radical (unpaired) electrons. The van der Waals surface area contributed by atoms with Gasteiger partial charge < -0.3 is 25.4 Å². The third kappa shape index (κ3) is 4.74. The fourth-order valence-corrected chi connectivity index (χ4v) is 3.93. The van der Waals surface area contributed by atoms with Crippen molar-refractivity contribution in [2.45, 2.75) is 45.7 Å². The molecule has 0 unspecified atom stereocenters. The van der Waals surface area contributed by atoms with E-state index in [4.69, 9.17) is 15.2 Å². The molecule has 3 N–H and O–H groups in total. The quantitative estimate of drug-likeness (QED) is 0.634. The molecule has 32 heavy (non-hydrogen) atoms. The number of benzene rings is 1. The minimum Gasteiger partial charge on any atom is -0.497 e. The summed E-state index contributed by atoms with van der Waals surface area (Å²) in [5, 5.41) is 2.71. The number of methoxy groups -OCH3 is 2. The van der Waals surface area contributed by atoms with Gasteiger partial charge >= 0.3 is 5.69 Å². The Kier molecular flexibility index (Phi) is 7.45. The van der Waals surface area contributed by atoms with Crippen LogP contribution in [0.2, 0.25) is 0 Å². The van der Waals surface area contributed by atoms with Crippen LogP contribution in [-0.4, -0.2) is 42.4 Å². The number of hydrogen-bond acceptors (Lipinski definition) is 7. The number of carbonyl (C=O) groups is 1. The fraction of sp³-hybridized carbons (Fsp3) is 0.500. The second kappa shape index (κ2) is 10.3. The number of carbonyl (C=O) groups excluding carboxylic acids is 1. The molecular weight excluding hydrogens is 414 g/mol. The molecule has 2 aromatic rings. The standard InChI is InChI=1S/C22H31N5O5/c1-4-10-26-20(23)19(25-11-6-5-7-12-25)21(29)27(22(26)30)14-18(28)24-16-9-8-15(31-2)13-17(16)32-3/h8-9,13H,4-7,10-12,14,23H2,1-3H3,(H,24,28). The van der Waals surface area contributed by atoms with Gasteiger partial charge in [0.2, 0.25) is 5.91 Å². The van der Waals surface area contributed by atoms with Crippen molar-refractivity contribution in [2.24, 2.45) is 0 Å². The minimum absolute atomic E-state index is 0.164. The molecule has 2 heterocycles. The lowest BCUT2D eigenvalue weighted by molar-refractivity contribution is -0.116. The van der Waals surface area contributed by atoms with E-state index in [9.17, 15) is 14.4 Å². The normalized spacial score (nSPS) is 13.7. The first-order valence-corrected chi connectivity index (χ1v) is 10.8. The Balaban J connectivity index is 1.96. The van der Waals surface area contributed by atoms with Gasteiger partial charge in [0, 0.05) is 25.7 Å². The summed E-state index contributed by atoms with van der Waals surface area (Å²) in [7, 11) is 3.00. The van der Waals surface area contributed by atoms with Crippen LogP contribution in [0.4, 0.5) is 17.2 Å². The monoisotopic (exact) mass is 445 g/mol. The lowest BCUT2D eigenvalue weighted by Crippen LogP contribution is -2.47. The molecule has 10 nitrogen and oxygen atoms in total. The van der Waals surface area contributed by atoms with Crippen LogP contribution >= 0.6 is 0 Å². The summed E-state index contributed by atoms with van der Waals surface area (Å²) in [6.07, 6.45) is 3.65. The van der Waals surface area contributed by atoms with Gasteiger partial charge in [-0.1, -0.05) is 6.92 Å². The number of piperidine rings is 1. The third-order valence-corrected chi connectivity index (χ3v) is 5.55. The Labute approximate surface area is 186 Å². The van der Waals surface area contributed by atoms with E-state index in [1.807, 2.05) is 11.8 Å². The van der Waals surface area contributed by atoms with Gasteiger partial charge in [-0.15, -0.1) is 0 Å². The van der Waals surface area contributed by atoms with Gasteiger partial charge in [0.15, 0.2) is 0 Å². The average molecular weight is 446 g/mol. The summed E-state index contributed by atoms with van der Waals surface area (Å²) in [5.74, 6) is 0.616. The lowest BCUT2D eigenvalue weighted by Gasteiger charge is -2.30. The number of aromatic nitrogens is 2. The molecule has 0 spiro atoms. The zero-order chi connectivity index (χ0) is 23.3. The summed E-state index contributed by atoms with van der Waals surface area (Å²) >= 11 is 0. The number of nitrogens with one attached hydrogen (secondary N) is 1. The van der Waals surface area contributed by atoms with Crippen LogP contribution in [-0.2, 0) is 17.9 Å². The predicted molar refractivity (Wildman–Crippen MR) is 124 cm³/mol. The summed E-state index contributed by atoms with van der Waals surface area (Å²) in [5.41, 5.74) is 5.84. The van der Waals surface area contributed by atoms with E-state index in [0.717, 1.165) is 23.8 Å². The highest BCUT2D eigenvalue weighted by molar-refractivity contribution is 5.92. The first-order valence-electron chi connectivity index (χ1n) is 10.8. The zero-order valence-corrected chi connectivity index (χ0v) is 18.8. The van der Waals surface area contributed by atoms with Crippen molar-refractivity contribution in [3.63, 3.8) is 0 Å². The van der Waals surface area contributed by atoms with E-state index in [-0.39, 0.29) is 5.82 Å². The van der Waals surface area contributed by atoms with Crippen molar-refractivity contribution in [2.75, 3.05) is 43.3 Å². The second-order valence-electron chi connectivity index (χ2n) is 7.72. The summed E-state index contributed by atoms with van der Waals surface area (Å²) in [4.78, 5) is 41.0. The molecule has 1 amide bonds. The van der Waals surface area contributed by atoms with Gasteiger partial charge in [-0.05, 0) is 37.8 Å². The van der Waals surface area contributed by atoms with Gasteiger partial charge in [0.1, 0.15) is 29.5 Å². The van der Waals surface area contributed by atoms with Gasteiger partial charge in [-0.25, -0.2) is 9.36 Å². The Bertz CT molecular complexity index is 1090. The molecule has 0 atom stereocenters. The van der Waals surface area contributed by atoms with Crippen molar-refractivity contribution in [3.8, 4) is 11.5 Å². The van der Waals surface area contributed by atoms with Crippen LogP contribution in [0.5, 0.6) is 11.5 Å². The smallest absolute Gasteiger partial charge is 0.333 e. The van der Waals surface area contributed by atoms with Crippen molar-refractivity contribution >= 4 is 23.1 Å². The number of hydrogen-bond donors (Lipinski definition) is 2. The van der Waals surface area contributed by atoms with Crippen molar-refractivity contribution in [3.05, 3.63) is 39.0 Å². The average Bonchev–Trinajstić information content (AvgIpc) is 2.80. The Hall–Kier alpha value is -3.43. The van der Waals surface area contributed by atoms with E-state index in [1.54, 1.807) is 18.2 Å². The van der Waals surface area contributed by atoms with Gasteiger partial charge in [0.25, 0.3) is 5.56 Å². The Morgan fingerprint density at radius 2 is 1.81 bits per heavy atom. The molecule has 1 aliphatic rings. The number of nitrogens with two attached hydrogens (primary N) is 1. The van der Waals surface area contributed by atoms with E-state index < -0.39 is 23.7 Å². The van der Waals surface area contributed by atoms with Crippen LogP contribution in [0, 0.1) is 0 Å². The van der Waals surface area contributed by atoms with E-state index in [1.165, 1.54) is 18.8 Å². The van der Waals surface area contributed by atoms with Crippen LogP contribution in [0.25, 0.3) is 0 Å². The maximum Gasteiger partial charge on any atom is 0.333 e. The molecule has 0 aliphatic carbocycles. The van der Waals surface area contributed by atoms with Gasteiger partial charge in [0.05, 0.1) is 19.9 Å². The molecule has 3 rings (SSSR count). The largest absolute Gasteiger partial charge is 0.497 e. The molecule has 0 bridgehead atoms. The first kappa shape index (κ1) is 23.2. The molecule has 1 aliphatic heterocycles. The van der Waals surface area contributed by atoms with Gasteiger partial charge in [-0.2, -0.15) is 0 Å². The van der Waals surface area contributed by atoms with Gasteiger partial charge in [-0.3, -0.25) is 14.2 Å². The topological polar surface area (TPSA) is 121 Å². The summed E-state index contributed by atoms with van der Waals surface area (Å²) < 4.78 is 12.8. The van der Waals surface area contributed by atoms with Crippen molar-refractivity contribution < 1.29 is 14.3 Å². The number of amides is 1. The summed E-state index contributed by atoms with van der Waals surface area (Å²) in [6, 6.07) is 4.94. The summed E-state index contributed by atoms with van der Waals surface area (Å²) in [6.45, 7) is 3.24. The molecule has 174 valence electrons. The zero-order valence-electron chi connectivity index (χ0n) is 18.8. The fourth-order valence-electron chi connectivity index (χ4n) is 3.93. The molecule has 1 aromatic carbocycles. The molecule has 10 heteroatoms. The van der Waals surface area contributed by atoms with E-state index in [0.29, 0.717) is 48.9 Å². The lowest BCUT2D eigenvalue weighted by atomic mass is 10.1. The first-order chi connectivity index (χ1) is 15.4. The van der Waals surface area contributed by atoms with Crippen molar-refractivity contribution in [1.82, 2.24) is 9.13 Å². The van der Waals surface area contributed by atoms with Crippen LogP contribution in [0.1, 0.15) is 32.6 Å². The highest BCUT2D eigenvalue weighted by Gasteiger charge is 2.24. The van der Waals surface area contributed by atoms with E-state index >= 15 is 0 Å². The van der Waals surface area contributed by atoms with Crippen LogP contribution < -0.4 is 36.7 Å². The number of anilines is 3. The number of ether oxygens (including phenoxy) is 2. The highest BCUT2D eigenvalue weighted by Crippen LogP contribution is 2.29. The minimum atomic E-state index is -0.591. The third-order valence-electron chi connectivity index (χ3n) is 5.55. The molecule has 0 saturated carbocycles.